The van der Waals surface area contributed by atoms with Crippen LogP contribution in [0.2, 0.25) is 0 Å². The number of carbonyl (C=O) groups is 2. The molecule has 2 amide bonds. The lowest BCUT2D eigenvalue weighted by Gasteiger charge is -2.30. The van der Waals surface area contributed by atoms with Crippen molar-refractivity contribution in [1.29, 1.82) is 0 Å². The average molecular weight is 292 g/mol. The van der Waals surface area contributed by atoms with Gasteiger partial charge in [0.05, 0.1) is 6.54 Å². The fourth-order valence-electron chi connectivity index (χ4n) is 2.29. The monoisotopic (exact) mass is 292 g/mol. The molecular formula is C16H21FN2O2. The van der Waals surface area contributed by atoms with Crippen molar-refractivity contribution in [2.75, 3.05) is 13.1 Å². The molecule has 1 aliphatic rings. The number of benzene rings is 1. The lowest BCUT2D eigenvalue weighted by Crippen LogP contribution is -2.44. The van der Waals surface area contributed by atoms with Crippen molar-refractivity contribution in [2.45, 2.75) is 32.7 Å². The van der Waals surface area contributed by atoms with Gasteiger partial charge in [-0.15, -0.1) is 0 Å². The van der Waals surface area contributed by atoms with Crippen LogP contribution in [0.3, 0.4) is 0 Å². The van der Waals surface area contributed by atoms with Crippen LogP contribution in [0, 0.1) is 11.7 Å². The largest absolute Gasteiger partial charge is 0.350 e. The highest BCUT2D eigenvalue weighted by molar-refractivity contribution is 5.86. The number of nitrogens with one attached hydrogen (secondary N) is 1. The first kappa shape index (κ1) is 15.5. The maximum absolute atomic E-state index is 12.8. The molecule has 0 spiro atoms. The van der Waals surface area contributed by atoms with Gasteiger partial charge in [0.1, 0.15) is 5.82 Å². The van der Waals surface area contributed by atoms with Crippen LogP contribution >= 0.6 is 0 Å². The molecule has 0 unspecified atom stereocenters. The molecular weight excluding hydrogens is 271 g/mol. The van der Waals surface area contributed by atoms with Gasteiger partial charge in [-0.2, -0.15) is 0 Å². The molecule has 0 radical (unpaired) electrons. The molecule has 0 aliphatic heterocycles. The van der Waals surface area contributed by atoms with Crippen LogP contribution in [0.4, 0.5) is 4.39 Å². The van der Waals surface area contributed by atoms with E-state index < -0.39 is 0 Å². The second-order valence-corrected chi connectivity index (χ2v) is 5.38. The Morgan fingerprint density at radius 3 is 2.48 bits per heavy atom. The number of amides is 2. The second-order valence-electron chi connectivity index (χ2n) is 5.38. The average Bonchev–Trinajstić information content (AvgIpc) is 2.42. The summed E-state index contributed by atoms with van der Waals surface area (Å²) in [6.45, 7) is 2.85. The minimum atomic E-state index is -0.298. The van der Waals surface area contributed by atoms with Crippen LogP contribution < -0.4 is 5.32 Å². The van der Waals surface area contributed by atoms with Crippen molar-refractivity contribution in [2.24, 2.45) is 5.92 Å². The Hall–Kier alpha value is -1.91. The minimum Gasteiger partial charge on any atom is -0.350 e. The van der Waals surface area contributed by atoms with E-state index in [4.69, 9.17) is 0 Å². The van der Waals surface area contributed by atoms with Crippen molar-refractivity contribution in [1.82, 2.24) is 10.2 Å². The van der Waals surface area contributed by atoms with E-state index in [0.29, 0.717) is 13.1 Å². The number of halogens is 1. The summed E-state index contributed by atoms with van der Waals surface area (Å²) >= 11 is 0. The maximum Gasteiger partial charge on any atom is 0.239 e. The smallest absolute Gasteiger partial charge is 0.239 e. The summed E-state index contributed by atoms with van der Waals surface area (Å²) in [5, 5.41) is 2.76. The fourth-order valence-corrected chi connectivity index (χ4v) is 2.29. The Bertz CT molecular complexity index is 498. The van der Waals surface area contributed by atoms with E-state index in [0.717, 1.165) is 24.8 Å². The van der Waals surface area contributed by atoms with Gasteiger partial charge in [0, 0.05) is 19.0 Å². The van der Waals surface area contributed by atoms with E-state index in [2.05, 4.69) is 5.32 Å². The van der Waals surface area contributed by atoms with E-state index >= 15 is 0 Å². The Labute approximate surface area is 124 Å². The fraction of sp³-hybridized carbons (Fsp3) is 0.500. The third kappa shape index (κ3) is 4.28. The Kier molecular flexibility index (Phi) is 5.31. The number of nitrogens with zero attached hydrogens (tertiary/aromatic N) is 1. The molecule has 1 fully saturated rings. The van der Waals surface area contributed by atoms with Crippen LogP contribution in [-0.2, 0) is 16.1 Å². The summed E-state index contributed by atoms with van der Waals surface area (Å²) in [4.78, 5) is 25.6. The highest BCUT2D eigenvalue weighted by Crippen LogP contribution is 2.28. The predicted octanol–water partition coefficient (Wildman–Crippen LogP) is 2.09. The van der Waals surface area contributed by atoms with Crippen molar-refractivity contribution >= 4 is 11.8 Å². The number of rotatable bonds is 6. The first-order valence-electron chi connectivity index (χ1n) is 7.40. The van der Waals surface area contributed by atoms with Gasteiger partial charge < -0.3 is 10.2 Å². The van der Waals surface area contributed by atoms with E-state index in [1.54, 1.807) is 17.0 Å². The molecule has 0 heterocycles. The van der Waals surface area contributed by atoms with Gasteiger partial charge in [-0.25, -0.2) is 4.39 Å². The Balaban J connectivity index is 1.79. The van der Waals surface area contributed by atoms with Gasteiger partial charge in [-0.05, 0) is 37.5 Å². The number of carbonyl (C=O) groups excluding carboxylic acids is 2. The van der Waals surface area contributed by atoms with E-state index in [9.17, 15) is 14.0 Å². The Morgan fingerprint density at radius 2 is 1.95 bits per heavy atom. The summed E-state index contributed by atoms with van der Waals surface area (Å²) in [7, 11) is 0. The van der Waals surface area contributed by atoms with E-state index in [-0.39, 0.29) is 30.1 Å². The van der Waals surface area contributed by atoms with Gasteiger partial charge in [-0.1, -0.05) is 18.6 Å². The van der Waals surface area contributed by atoms with Crippen LogP contribution in [0.5, 0.6) is 0 Å². The van der Waals surface area contributed by atoms with Crippen LogP contribution in [0.25, 0.3) is 0 Å². The number of likely N-dealkylation sites (N-methyl/N-ethyl adjacent to an activating group) is 1. The topological polar surface area (TPSA) is 49.4 Å². The summed E-state index contributed by atoms with van der Waals surface area (Å²) in [5.41, 5.74) is 0.832. The molecule has 1 N–H and O–H groups in total. The van der Waals surface area contributed by atoms with Crippen molar-refractivity contribution < 1.29 is 14.0 Å². The highest BCUT2D eigenvalue weighted by Gasteiger charge is 2.29. The number of hydrogen-bond acceptors (Lipinski definition) is 2. The molecule has 1 aromatic rings. The molecule has 1 aliphatic carbocycles. The van der Waals surface area contributed by atoms with Crippen molar-refractivity contribution in [3.63, 3.8) is 0 Å². The molecule has 1 aromatic carbocycles. The van der Waals surface area contributed by atoms with E-state index in [1.165, 1.54) is 12.1 Å². The summed E-state index contributed by atoms with van der Waals surface area (Å²) in [6.07, 6.45) is 2.98. The summed E-state index contributed by atoms with van der Waals surface area (Å²) < 4.78 is 12.8. The van der Waals surface area contributed by atoms with Crippen LogP contribution in [0.1, 0.15) is 31.7 Å². The normalized spacial score (nSPS) is 14.4. The van der Waals surface area contributed by atoms with Gasteiger partial charge in [0.2, 0.25) is 11.8 Å². The molecule has 2 rings (SSSR count). The first-order valence-corrected chi connectivity index (χ1v) is 7.40. The third-order valence-corrected chi connectivity index (χ3v) is 3.89. The van der Waals surface area contributed by atoms with Crippen LogP contribution in [-0.4, -0.2) is 29.8 Å². The molecule has 0 bridgehead atoms. The molecule has 0 aromatic heterocycles. The Morgan fingerprint density at radius 1 is 1.29 bits per heavy atom. The second kappa shape index (κ2) is 7.20. The van der Waals surface area contributed by atoms with Gasteiger partial charge in [0.25, 0.3) is 0 Å². The zero-order chi connectivity index (χ0) is 15.2. The standard InChI is InChI=1S/C16H21FN2O2/c1-2-19(16(21)13-4-3-5-13)11-15(20)18-10-12-6-8-14(17)9-7-12/h6-9,13H,2-5,10-11H2,1H3,(H,18,20). The van der Waals surface area contributed by atoms with Gasteiger partial charge >= 0.3 is 0 Å². The van der Waals surface area contributed by atoms with E-state index in [1.807, 2.05) is 6.92 Å². The molecule has 5 heteroatoms. The molecule has 0 atom stereocenters. The number of hydrogen-bond donors (Lipinski definition) is 1. The zero-order valence-electron chi connectivity index (χ0n) is 12.3. The zero-order valence-corrected chi connectivity index (χ0v) is 12.3. The first-order chi connectivity index (χ1) is 10.1. The molecule has 114 valence electrons. The van der Waals surface area contributed by atoms with Gasteiger partial charge in [0.15, 0.2) is 0 Å². The quantitative estimate of drug-likeness (QED) is 0.873. The highest BCUT2D eigenvalue weighted by atomic mass is 19.1. The lowest BCUT2D eigenvalue weighted by molar-refractivity contribution is -0.141. The summed E-state index contributed by atoms with van der Waals surface area (Å²) in [5.74, 6) is -0.294. The lowest BCUT2D eigenvalue weighted by atomic mass is 9.84. The van der Waals surface area contributed by atoms with Crippen molar-refractivity contribution in [3.8, 4) is 0 Å². The molecule has 4 nitrogen and oxygen atoms in total. The van der Waals surface area contributed by atoms with Crippen molar-refractivity contribution in [3.05, 3.63) is 35.6 Å². The molecule has 1 saturated carbocycles. The predicted molar refractivity (Wildman–Crippen MR) is 77.8 cm³/mol. The van der Waals surface area contributed by atoms with Crippen LogP contribution in [0.15, 0.2) is 24.3 Å². The SMILES string of the molecule is CCN(CC(=O)NCc1ccc(F)cc1)C(=O)C1CCC1. The summed E-state index contributed by atoms with van der Waals surface area (Å²) in [6, 6.07) is 5.99. The molecule has 21 heavy (non-hydrogen) atoms. The van der Waals surface area contributed by atoms with Gasteiger partial charge in [-0.3, -0.25) is 9.59 Å². The minimum absolute atomic E-state index is 0.0840. The maximum atomic E-state index is 12.8. The third-order valence-electron chi connectivity index (χ3n) is 3.89. The molecule has 0 saturated heterocycles.